The van der Waals surface area contributed by atoms with Crippen molar-refractivity contribution in [2.75, 3.05) is 18.9 Å². The summed E-state index contributed by atoms with van der Waals surface area (Å²) in [5.41, 5.74) is 0.493. The van der Waals surface area contributed by atoms with Gasteiger partial charge in [0, 0.05) is 18.0 Å². The zero-order valence-corrected chi connectivity index (χ0v) is 18.2. The summed E-state index contributed by atoms with van der Waals surface area (Å²) in [5, 5.41) is 7.92. The number of fused-ring (bicyclic) bond motifs is 1. The lowest BCUT2D eigenvalue weighted by atomic mass is 10.1. The number of hydrogen-bond donors (Lipinski definition) is 1. The second-order valence-corrected chi connectivity index (χ2v) is 8.29. The number of nitrogens with zero attached hydrogens (tertiary/aromatic N) is 3. The Kier molecular flexibility index (Phi) is 6.05. The standard InChI is InChI=1S/C20H18F2N4O6S/c1-29-14-5-3-6-15(30-2)18(14)33(27,28)25-19-13-10-16(31-20(21)22)12(9-17(13)32-24-19)11-26-8-4-7-23-26/h3-10,20H,11H2,1-2H3,(H,24,25). The molecule has 174 valence electrons. The molecule has 1 N–H and O–H groups in total. The number of methoxy groups -OCH3 is 2. The topological polar surface area (TPSA) is 118 Å². The van der Waals surface area contributed by atoms with Crippen LogP contribution in [0.25, 0.3) is 11.0 Å². The molecule has 2 heterocycles. The van der Waals surface area contributed by atoms with Crippen molar-refractivity contribution in [1.29, 1.82) is 0 Å². The van der Waals surface area contributed by atoms with E-state index in [1.807, 2.05) is 0 Å². The molecule has 2 aromatic heterocycles. The highest BCUT2D eigenvalue weighted by atomic mass is 32.2. The first-order valence-corrected chi connectivity index (χ1v) is 10.9. The molecular weight excluding hydrogens is 462 g/mol. The quantitative estimate of drug-likeness (QED) is 0.387. The van der Waals surface area contributed by atoms with E-state index in [1.54, 1.807) is 24.5 Å². The summed E-state index contributed by atoms with van der Waals surface area (Å²) in [6.45, 7) is -2.98. The van der Waals surface area contributed by atoms with Gasteiger partial charge in [-0.25, -0.2) is 8.42 Å². The van der Waals surface area contributed by atoms with Gasteiger partial charge >= 0.3 is 6.61 Å². The Morgan fingerprint density at radius 1 is 1.12 bits per heavy atom. The van der Waals surface area contributed by atoms with Crippen molar-refractivity contribution in [2.45, 2.75) is 18.1 Å². The van der Waals surface area contributed by atoms with Crippen LogP contribution in [0.5, 0.6) is 17.2 Å². The van der Waals surface area contributed by atoms with Crippen LogP contribution in [0.2, 0.25) is 0 Å². The Hall–Kier alpha value is -3.87. The molecule has 0 unspecified atom stereocenters. The van der Waals surface area contributed by atoms with Crippen LogP contribution in [0.15, 0.2) is 58.2 Å². The largest absolute Gasteiger partial charge is 0.495 e. The molecule has 0 bridgehead atoms. The summed E-state index contributed by atoms with van der Waals surface area (Å²) in [6.07, 6.45) is 3.19. The number of nitrogens with one attached hydrogen (secondary N) is 1. The van der Waals surface area contributed by atoms with E-state index in [-0.39, 0.29) is 45.5 Å². The van der Waals surface area contributed by atoms with Gasteiger partial charge in [0.25, 0.3) is 10.0 Å². The summed E-state index contributed by atoms with van der Waals surface area (Å²) < 4.78 is 76.4. The number of ether oxygens (including phenoxy) is 3. The van der Waals surface area contributed by atoms with Gasteiger partial charge in [0.15, 0.2) is 16.3 Å². The van der Waals surface area contributed by atoms with Crippen molar-refractivity contribution < 1.29 is 35.9 Å². The molecule has 0 aliphatic carbocycles. The highest BCUT2D eigenvalue weighted by Crippen LogP contribution is 2.37. The van der Waals surface area contributed by atoms with E-state index in [1.165, 1.54) is 43.2 Å². The fourth-order valence-electron chi connectivity index (χ4n) is 3.24. The van der Waals surface area contributed by atoms with Gasteiger partial charge in [-0.1, -0.05) is 11.2 Å². The molecule has 0 fully saturated rings. The Balaban J connectivity index is 1.76. The van der Waals surface area contributed by atoms with E-state index in [0.717, 1.165) is 0 Å². The monoisotopic (exact) mass is 480 g/mol. The van der Waals surface area contributed by atoms with Gasteiger partial charge in [0.2, 0.25) is 0 Å². The SMILES string of the molecule is COc1cccc(OC)c1S(=O)(=O)Nc1noc2cc(Cn3cccn3)c(OC(F)F)cc12. The first-order valence-electron chi connectivity index (χ1n) is 9.40. The highest BCUT2D eigenvalue weighted by molar-refractivity contribution is 7.93. The molecule has 0 spiro atoms. The molecule has 2 aromatic carbocycles. The molecule has 0 aliphatic rings. The third kappa shape index (κ3) is 4.53. The maximum atomic E-state index is 13.1. The fraction of sp³-hybridized carbons (Fsp3) is 0.200. The van der Waals surface area contributed by atoms with E-state index in [0.29, 0.717) is 5.56 Å². The van der Waals surface area contributed by atoms with Crippen LogP contribution in [-0.4, -0.2) is 44.2 Å². The molecule has 13 heteroatoms. The average molecular weight is 480 g/mol. The minimum absolute atomic E-state index is 0.0397. The zero-order chi connectivity index (χ0) is 23.6. The fourth-order valence-corrected chi connectivity index (χ4v) is 4.57. The van der Waals surface area contributed by atoms with Gasteiger partial charge in [-0.05, 0) is 30.3 Å². The number of rotatable bonds is 9. The van der Waals surface area contributed by atoms with E-state index in [9.17, 15) is 17.2 Å². The van der Waals surface area contributed by atoms with Crippen molar-refractivity contribution in [2.24, 2.45) is 0 Å². The van der Waals surface area contributed by atoms with Crippen LogP contribution in [0, 0.1) is 0 Å². The first kappa shape index (κ1) is 22.3. The first-order chi connectivity index (χ1) is 15.8. The van der Waals surface area contributed by atoms with Crippen LogP contribution in [0.1, 0.15) is 5.56 Å². The van der Waals surface area contributed by atoms with Gasteiger partial charge in [0.05, 0.1) is 26.2 Å². The molecule has 10 nitrogen and oxygen atoms in total. The normalized spacial score (nSPS) is 11.7. The summed E-state index contributed by atoms with van der Waals surface area (Å²) in [5.74, 6) is -0.315. The molecular formula is C20H18F2N4O6S. The van der Waals surface area contributed by atoms with Crippen LogP contribution in [-0.2, 0) is 16.6 Å². The number of hydrogen-bond acceptors (Lipinski definition) is 8. The van der Waals surface area contributed by atoms with Crippen molar-refractivity contribution >= 4 is 26.8 Å². The minimum Gasteiger partial charge on any atom is -0.495 e. The smallest absolute Gasteiger partial charge is 0.387 e. The van der Waals surface area contributed by atoms with Crippen molar-refractivity contribution in [3.05, 3.63) is 54.4 Å². The van der Waals surface area contributed by atoms with Crippen LogP contribution in [0.3, 0.4) is 0 Å². The minimum atomic E-state index is -4.27. The Bertz CT molecular complexity index is 1350. The van der Waals surface area contributed by atoms with Crippen LogP contribution < -0.4 is 18.9 Å². The lowest BCUT2D eigenvalue weighted by molar-refractivity contribution is -0.0504. The maximum Gasteiger partial charge on any atom is 0.387 e. The molecule has 0 amide bonds. The zero-order valence-electron chi connectivity index (χ0n) is 17.4. The molecule has 33 heavy (non-hydrogen) atoms. The molecule has 4 aromatic rings. The number of benzene rings is 2. The van der Waals surface area contributed by atoms with Gasteiger partial charge in [0.1, 0.15) is 17.2 Å². The third-order valence-electron chi connectivity index (χ3n) is 4.64. The number of sulfonamides is 1. The average Bonchev–Trinajstić information content (AvgIpc) is 3.43. The highest BCUT2D eigenvalue weighted by Gasteiger charge is 2.27. The maximum absolute atomic E-state index is 13.1. The number of aromatic nitrogens is 3. The Morgan fingerprint density at radius 3 is 2.45 bits per heavy atom. The summed E-state index contributed by atoms with van der Waals surface area (Å²) in [7, 11) is -1.65. The second-order valence-electron chi connectivity index (χ2n) is 6.67. The van der Waals surface area contributed by atoms with Gasteiger partial charge < -0.3 is 18.7 Å². The summed E-state index contributed by atoms with van der Waals surface area (Å²) in [4.78, 5) is -0.259. The Morgan fingerprint density at radius 2 is 1.85 bits per heavy atom. The van der Waals surface area contributed by atoms with Crippen molar-refractivity contribution in [3.8, 4) is 17.2 Å². The van der Waals surface area contributed by atoms with E-state index >= 15 is 0 Å². The molecule has 0 atom stereocenters. The molecule has 0 saturated heterocycles. The second kappa shape index (κ2) is 8.94. The van der Waals surface area contributed by atoms with E-state index < -0.39 is 16.6 Å². The Labute approximate surface area is 186 Å². The number of anilines is 1. The van der Waals surface area contributed by atoms with Gasteiger partial charge in [-0.2, -0.15) is 13.9 Å². The lowest BCUT2D eigenvalue weighted by Gasteiger charge is -2.14. The van der Waals surface area contributed by atoms with Crippen molar-refractivity contribution in [1.82, 2.24) is 14.9 Å². The predicted octanol–water partition coefficient (Wildman–Crippen LogP) is 3.49. The van der Waals surface area contributed by atoms with E-state index in [2.05, 4.69) is 19.7 Å². The van der Waals surface area contributed by atoms with Gasteiger partial charge in [-0.15, -0.1) is 0 Å². The number of halogens is 2. The van der Waals surface area contributed by atoms with Gasteiger partial charge in [-0.3, -0.25) is 9.40 Å². The van der Waals surface area contributed by atoms with E-state index in [4.69, 9.17) is 14.0 Å². The molecule has 4 rings (SSSR count). The van der Waals surface area contributed by atoms with Crippen LogP contribution in [0.4, 0.5) is 14.6 Å². The van der Waals surface area contributed by atoms with Crippen molar-refractivity contribution in [3.63, 3.8) is 0 Å². The molecule has 0 aliphatic heterocycles. The predicted molar refractivity (Wildman–Crippen MR) is 112 cm³/mol. The third-order valence-corrected chi connectivity index (χ3v) is 6.04. The summed E-state index contributed by atoms with van der Waals surface area (Å²) in [6, 6.07) is 8.82. The number of alkyl halides is 2. The summed E-state index contributed by atoms with van der Waals surface area (Å²) >= 11 is 0. The molecule has 0 saturated carbocycles. The molecule has 0 radical (unpaired) electrons. The lowest BCUT2D eigenvalue weighted by Crippen LogP contribution is -2.15. The van der Waals surface area contributed by atoms with Crippen LogP contribution >= 0.6 is 0 Å².